The molecule has 0 radical (unpaired) electrons. The first-order valence-corrected chi connectivity index (χ1v) is 12.5. The van der Waals surface area contributed by atoms with Crippen molar-refractivity contribution in [2.75, 3.05) is 53.2 Å². The van der Waals surface area contributed by atoms with Gasteiger partial charge in [0.05, 0.1) is 31.3 Å². The van der Waals surface area contributed by atoms with Crippen molar-refractivity contribution in [1.29, 1.82) is 0 Å². The fraction of sp³-hybridized carbons (Fsp3) is 0.458. The van der Waals surface area contributed by atoms with Crippen LogP contribution in [0.5, 0.6) is 11.5 Å². The second-order valence-electron chi connectivity index (χ2n) is 8.07. The summed E-state index contributed by atoms with van der Waals surface area (Å²) in [4.78, 5) is 17.0. The number of ether oxygens (including phenoxy) is 2. The molecule has 1 heterocycles. The van der Waals surface area contributed by atoms with E-state index >= 15 is 0 Å². The van der Waals surface area contributed by atoms with Gasteiger partial charge in [-0.15, -0.1) is 0 Å². The number of benzene rings is 2. The third-order valence-corrected chi connectivity index (χ3v) is 7.57. The largest absolute Gasteiger partial charge is 0.493 e. The SMILES string of the molecule is COc1cc2c(cc1OC)CC(=O)N(CCCN(C)CCS(=O)(=O)c1ccccc1)CC2. The number of methoxy groups -OCH3 is 2. The van der Waals surface area contributed by atoms with Crippen molar-refractivity contribution in [3.63, 3.8) is 0 Å². The highest BCUT2D eigenvalue weighted by Crippen LogP contribution is 2.32. The minimum atomic E-state index is -3.28. The van der Waals surface area contributed by atoms with E-state index in [4.69, 9.17) is 9.47 Å². The van der Waals surface area contributed by atoms with Crippen LogP contribution in [-0.4, -0.2) is 77.3 Å². The molecule has 3 rings (SSSR count). The molecule has 8 heteroatoms. The Morgan fingerprint density at radius 2 is 1.66 bits per heavy atom. The van der Waals surface area contributed by atoms with Crippen LogP contribution in [0.2, 0.25) is 0 Å². The summed E-state index contributed by atoms with van der Waals surface area (Å²) in [6.07, 6.45) is 1.91. The van der Waals surface area contributed by atoms with Crippen LogP contribution in [0.4, 0.5) is 0 Å². The van der Waals surface area contributed by atoms with Gasteiger partial charge in [-0.1, -0.05) is 18.2 Å². The average molecular weight is 461 g/mol. The van der Waals surface area contributed by atoms with Crippen LogP contribution in [0.3, 0.4) is 0 Å². The van der Waals surface area contributed by atoms with E-state index in [1.807, 2.05) is 29.0 Å². The topological polar surface area (TPSA) is 76.2 Å². The number of carbonyl (C=O) groups is 1. The van der Waals surface area contributed by atoms with Gasteiger partial charge in [-0.05, 0) is 61.8 Å². The van der Waals surface area contributed by atoms with Crippen molar-refractivity contribution in [2.45, 2.75) is 24.2 Å². The first kappa shape index (κ1) is 24.1. The Morgan fingerprint density at radius 1 is 1.00 bits per heavy atom. The number of fused-ring (bicyclic) bond motifs is 1. The number of hydrogen-bond acceptors (Lipinski definition) is 6. The molecule has 0 bridgehead atoms. The summed E-state index contributed by atoms with van der Waals surface area (Å²) >= 11 is 0. The molecule has 0 N–H and O–H groups in total. The second kappa shape index (κ2) is 10.8. The van der Waals surface area contributed by atoms with Crippen molar-refractivity contribution in [1.82, 2.24) is 9.80 Å². The van der Waals surface area contributed by atoms with Crippen molar-refractivity contribution in [2.24, 2.45) is 0 Å². The molecule has 0 saturated carbocycles. The first-order chi connectivity index (χ1) is 15.3. The lowest BCUT2D eigenvalue weighted by atomic mass is 10.0. The molecule has 2 aromatic rings. The quantitative estimate of drug-likeness (QED) is 0.542. The third-order valence-electron chi connectivity index (χ3n) is 5.86. The maximum Gasteiger partial charge on any atom is 0.227 e. The lowest BCUT2D eigenvalue weighted by molar-refractivity contribution is -0.130. The first-order valence-electron chi connectivity index (χ1n) is 10.8. The van der Waals surface area contributed by atoms with E-state index in [9.17, 15) is 13.2 Å². The Hall–Kier alpha value is -2.58. The average Bonchev–Trinajstić information content (AvgIpc) is 2.95. The number of hydrogen-bond donors (Lipinski definition) is 0. The van der Waals surface area contributed by atoms with E-state index in [1.54, 1.807) is 44.6 Å². The Kier molecular flexibility index (Phi) is 8.15. The summed E-state index contributed by atoms with van der Waals surface area (Å²) in [5.41, 5.74) is 2.10. The highest BCUT2D eigenvalue weighted by molar-refractivity contribution is 7.91. The van der Waals surface area contributed by atoms with Gasteiger partial charge in [0.25, 0.3) is 0 Å². The zero-order valence-electron chi connectivity index (χ0n) is 19.0. The molecule has 0 atom stereocenters. The summed E-state index contributed by atoms with van der Waals surface area (Å²) in [6.45, 7) is 2.49. The molecule has 0 saturated heterocycles. The highest BCUT2D eigenvalue weighted by atomic mass is 32.2. The number of carbonyl (C=O) groups excluding carboxylic acids is 1. The van der Waals surface area contributed by atoms with Crippen molar-refractivity contribution in [3.8, 4) is 11.5 Å². The zero-order valence-corrected chi connectivity index (χ0v) is 19.9. The Balaban J connectivity index is 1.49. The molecule has 32 heavy (non-hydrogen) atoms. The van der Waals surface area contributed by atoms with Crippen LogP contribution in [0.1, 0.15) is 17.5 Å². The van der Waals surface area contributed by atoms with Crippen LogP contribution >= 0.6 is 0 Å². The predicted molar refractivity (Wildman–Crippen MR) is 124 cm³/mol. The normalized spacial score (nSPS) is 14.2. The Morgan fingerprint density at radius 3 is 2.31 bits per heavy atom. The van der Waals surface area contributed by atoms with Gasteiger partial charge >= 0.3 is 0 Å². The molecule has 1 aliphatic heterocycles. The summed E-state index contributed by atoms with van der Waals surface area (Å²) in [5, 5.41) is 0. The number of rotatable bonds is 10. The van der Waals surface area contributed by atoms with Crippen molar-refractivity contribution in [3.05, 3.63) is 53.6 Å². The van der Waals surface area contributed by atoms with E-state index in [0.717, 1.165) is 30.5 Å². The Labute approximate surface area is 190 Å². The fourth-order valence-electron chi connectivity index (χ4n) is 3.92. The van der Waals surface area contributed by atoms with Gasteiger partial charge in [0.1, 0.15) is 0 Å². The molecule has 0 unspecified atom stereocenters. The van der Waals surface area contributed by atoms with Crippen LogP contribution in [0.15, 0.2) is 47.4 Å². The van der Waals surface area contributed by atoms with Gasteiger partial charge in [-0.2, -0.15) is 0 Å². The molecule has 0 fully saturated rings. The van der Waals surface area contributed by atoms with Gasteiger partial charge in [0.2, 0.25) is 5.91 Å². The monoisotopic (exact) mass is 460 g/mol. The van der Waals surface area contributed by atoms with Gasteiger partial charge in [-0.3, -0.25) is 4.79 Å². The maximum absolute atomic E-state index is 12.8. The maximum atomic E-state index is 12.8. The van der Waals surface area contributed by atoms with E-state index in [2.05, 4.69) is 0 Å². The van der Waals surface area contributed by atoms with E-state index in [-0.39, 0.29) is 11.7 Å². The Bertz CT molecular complexity index is 1020. The minimum Gasteiger partial charge on any atom is -0.493 e. The van der Waals surface area contributed by atoms with Crippen molar-refractivity contribution < 1.29 is 22.7 Å². The van der Waals surface area contributed by atoms with Gasteiger partial charge in [0.15, 0.2) is 21.3 Å². The van der Waals surface area contributed by atoms with E-state index in [1.165, 1.54) is 0 Å². The lowest BCUT2D eigenvalue weighted by Gasteiger charge is -2.22. The molecule has 0 aliphatic carbocycles. The number of sulfone groups is 1. The smallest absolute Gasteiger partial charge is 0.227 e. The van der Waals surface area contributed by atoms with E-state index < -0.39 is 9.84 Å². The van der Waals surface area contributed by atoms with Crippen molar-refractivity contribution >= 4 is 15.7 Å². The molecular weight excluding hydrogens is 428 g/mol. The van der Waals surface area contributed by atoms with Crippen LogP contribution < -0.4 is 9.47 Å². The van der Waals surface area contributed by atoms with Gasteiger partial charge < -0.3 is 19.3 Å². The lowest BCUT2D eigenvalue weighted by Crippen LogP contribution is -2.35. The molecule has 1 aliphatic rings. The zero-order chi connectivity index (χ0) is 23.1. The summed E-state index contributed by atoms with van der Waals surface area (Å²) < 4.78 is 35.6. The van der Waals surface area contributed by atoms with Crippen LogP contribution in [0.25, 0.3) is 0 Å². The second-order valence-corrected chi connectivity index (χ2v) is 10.2. The summed E-state index contributed by atoms with van der Waals surface area (Å²) in [5.74, 6) is 1.50. The summed E-state index contributed by atoms with van der Waals surface area (Å²) in [6, 6.07) is 12.4. The third kappa shape index (κ3) is 6.01. The minimum absolute atomic E-state index is 0.0785. The molecule has 0 aromatic heterocycles. The molecule has 0 spiro atoms. The summed E-state index contributed by atoms with van der Waals surface area (Å²) in [7, 11) is 1.84. The molecule has 1 amide bonds. The highest BCUT2D eigenvalue weighted by Gasteiger charge is 2.22. The molecular formula is C24H32N2O5S. The number of amides is 1. The van der Waals surface area contributed by atoms with Crippen LogP contribution in [0, 0.1) is 0 Å². The van der Waals surface area contributed by atoms with E-state index in [0.29, 0.717) is 42.4 Å². The predicted octanol–water partition coefficient (Wildman–Crippen LogP) is 2.43. The van der Waals surface area contributed by atoms with Gasteiger partial charge in [-0.25, -0.2) is 8.42 Å². The molecule has 7 nitrogen and oxygen atoms in total. The van der Waals surface area contributed by atoms with Gasteiger partial charge in [0, 0.05) is 19.6 Å². The molecule has 174 valence electrons. The standard InChI is InChI=1S/C24H32N2O5S/c1-25(14-15-32(28,29)21-8-5-4-6-9-21)11-7-12-26-13-10-19-16-22(30-2)23(31-3)17-20(19)18-24(26)27/h4-6,8-9,16-17H,7,10-15,18H2,1-3H3. The number of nitrogens with zero attached hydrogens (tertiary/aromatic N) is 2. The molecule has 2 aromatic carbocycles. The van der Waals surface area contributed by atoms with Crippen LogP contribution in [-0.2, 0) is 27.5 Å². The fourth-order valence-corrected chi connectivity index (χ4v) is 5.28.